The molecule has 0 atom stereocenters. The monoisotopic (exact) mass is 507 g/mol. The molecule has 3 aromatic rings. The van der Waals surface area contributed by atoms with Crippen LogP contribution in [0, 0.1) is 12.7 Å². The maximum absolute atomic E-state index is 13.8. The van der Waals surface area contributed by atoms with Crippen LogP contribution in [0.3, 0.4) is 0 Å². The van der Waals surface area contributed by atoms with Crippen LogP contribution in [0.25, 0.3) is 5.69 Å². The van der Waals surface area contributed by atoms with Gasteiger partial charge in [-0.3, -0.25) is 9.36 Å². The Bertz CT molecular complexity index is 1250. The largest absolute Gasteiger partial charge is 0.392 e. The summed E-state index contributed by atoms with van der Waals surface area (Å²) in [6.07, 6.45) is 1.55. The maximum Gasteiger partial charge on any atom is 0.255 e. The molecule has 0 amide bonds. The molecule has 2 aromatic carbocycles. The van der Waals surface area contributed by atoms with E-state index >= 15 is 0 Å². The maximum atomic E-state index is 13.8. The average molecular weight is 509 g/mol. The molecule has 1 aliphatic rings. The van der Waals surface area contributed by atoms with Crippen molar-refractivity contribution in [2.24, 2.45) is 5.16 Å². The summed E-state index contributed by atoms with van der Waals surface area (Å²) < 4.78 is 15.2. The molecule has 0 spiro atoms. The molecule has 172 valence electrons. The fraction of sp³-hybridized carbons (Fsp3) is 0.250. The predicted molar refractivity (Wildman–Crippen MR) is 131 cm³/mol. The number of oxime groups is 1. The number of benzene rings is 2. The first kappa shape index (κ1) is 23.8. The summed E-state index contributed by atoms with van der Waals surface area (Å²) in [6, 6.07) is 12.1. The lowest BCUT2D eigenvalue weighted by atomic mass is 10.0. The number of piperidine rings is 1. The van der Waals surface area contributed by atoms with Gasteiger partial charge in [0.25, 0.3) is 5.56 Å². The number of aromatic nitrogens is 1. The summed E-state index contributed by atoms with van der Waals surface area (Å²) in [4.78, 5) is 18.7. The van der Waals surface area contributed by atoms with Crippen molar-refractivity contribution in [1.82, 2.24) is 9.88 Å². The van der Waals surface area contributed by atoms with Crippen molar-refractivity contribution in [2.45, 2.75) is 25.9 Å². The van der Waals surface area contributed by atoms with Crippen LogP contribution in [0.2, 0.25) is 15.1 Å². The molecule has 0 aliphatic carbocycles. The first-order valence-corrected chi connectivity index (χ1v) is 11.6. The van der Waals surface area contributed by atoms with Crippen molar-refractivity contribution >= 4 is 40.5 Å². The van der Waals surface area contributed by atoms with Crippen LogP contribution in [0.15, 0.2) is 58.5 Å². The summed E-state index contributed by atoms with van der Waals surface area (Å²) >= 11 is 19.2. The number of hydrogen-bond donors (Lipinski definition) is 1. The molecule has 0 unspecified atom stereocenters. The van der Waals surface area contributed by atoms with Gasteiger partial charge in [-0.1, -0.05) is 46.0 Å². The van der Waals surface area contributed by atoms with Gasteiger partial charge in [-0.05, 0) is 69.3 Å². The molecule has 9 heteroatoms. The number of nitrogens with one attached hydrogen (secondary N) is 1. The van der Waals surface area contributed by atoms with Gasteiger partial charge in [0.05, 0.1) is 20.8 Å². The van der Waals surface area contributed by atoms with Gasteiger partial charge in [0.15, 0.2) is 0 Å². The minimum Gasteiger partial charge on any atom is -0.392 e. The average Bonchev–Trinajstić information content (AvgIpc) is 2.78. The van der Waals surface area contributed by atoms with E-state index in [-0.39, 0.29) is 16.7 Å². The summed E-state index contributed by atoms with van der Waals surface area (Å²) in [5.74, 6) is -0.466. The molecule has 0 bridgehead atoms. The van der Waals surface area contributed by atoms with E-state index in [1.54, 1.807) is 37.3 Å². The number of halogens is 4. The van der Waals surface area contributed by atoms with Crippen molar-refractivity contribution in [1.29, 1.82) is 0 Å². The molecule has 2 heterocycles. The SMILES string of the molecule is Cc1c(/C(=N/OC2CCNCC2)c2ccc(F)cc2Cl)ccc(=O)n1-c1c(Cl)cccc1Cl. The lowest BCUT2D eigenvalue weighted by Crippen LogP contribution is -2.32. The van der Waals surface area contributed by atoms with Gasteiger partial charge in [-0.2, -0.15) is 0 Å². The van der Waals surface area contributed by atoms with Crippen molar-refractivity contribution in [3.8, 4) is 5.69 Å². The lowest BCUT2D eigenvalue weighted by Gasteiger charge is -2.22. The highest BCUT2D eigenvalue weighted by molar-refractivity contribution is 6.38. The Morgan fingerprint density at radius 2 is 1.70 bits per heavy atom. The Hall–Kier alpha value is -2.38. The van der Waals surface area contributed by atoms with E-state index in [0.717, 1.165) is 25.9 Å². The van der Waals surface area contributed by atoms with Crippen molar-refractivity contribution in [3.05, 3.63) is 96.6 Å². The quantitative estimate of drug-likeness (QED) is 0.352. The Labute approximate surface area is 205 Å². The molecule has 1 saturated heterocycles. The molecule has 33 heavy (non-hydrogen) atoms. The third-order valence-electron chi connectivity index (χ3n) is 5.52. The smallest absolute Gasteiger partial charge is 0.255 e. The van der Waals surface area contributed by atoms with Crippen LogP contribution >= 0.6 is 34.8 Å². The molecule has 1 aromatic heterocycles. The van der Waals surface area contributed by atoms with E-state index in [2.05, 4.69) is 10.5 Å². The second kappa shape index (κ2) is 10.3. The number of rotatable bonds is 5. The summed E-state index contributed by atoms with van der Waals surface area (Å²) in [7, 11) is 0. The van der Waals surface area contributed by atoms with E-state index in [4.69, 9.17) is 39.6 Å². The molecule has 1 aliphatic heterocycles. The van der Waals surface area contributed by atoms with Crippen LogP contribution in [0.4, 0.5) is 4.39 Å². The fourth-order valence-electron chi connectivity index (χ4n) is 3.82. The lowest BCUT2D eigenvalue weighted by molar-refractivity contribution is 0.0379. The van der Waals surface area contributed by atoms with Crippen molar-refractivity contribution < 1.29 is 9.23 Å². The highest BCUT2D eigenvalue weighted by atomic mass is 35.5. The fourth-order valence-corrected chi connectivity index (χ4v) is 4.64. The second-order valence-electron chi connectivity index (χ2n) is 7.70. The Morgan fingerprint density at radius 1 is 1.03 bits per heavy atom. The number of pyridine rings is 1. The van der Waals surface area contributed by atoms with Gasteiger partial charge in [-0.15, -0.1) is 0 Å². The predicted octanol–water partition coefficient (Wildman–Crippen LogP) is 5.77. The third kappa shape index (κ3) is 5.09. The first-order valence-electron chi connectivity index (χ1n) is 10.4. The molecule has 0 radical (unpaired) electrons. The van der Waals surface area contributed by atoms with Gasteiger partial charge in [0.2, 0.25) is 0 Å². The van der Waals surface area contributed by atoms with Gasteiger partial charge in [0.1, 0.15) is 17.6 Å². The van der Waals surface area contributed by atoms with Gasteiger partial charge >= 0.3 is 0 Å². The topological polar surface area (TPSA) is 55.6 Å². The zero-order valence-electron chi connectivity index (χ0n) is 17.7. The van der Waals surface area contributed by atoms with Gasteiger partial charge in [-0.25, -0.2) is 4.39 Å². The van der Waals surface area contributed by atoms with Crippen LogP contribution in [0.5, 0.6) is 0 Å². The first-order chi connectivity index (χ1) is 15.9. The highest BCUT2D eigenvalue weighted by Gasteiger charge is 2.21. The summed E-state index contributed by atoms with van der Waals surface area (Å²) in [5, 5.41) is 8.56. The minimum absolute atomic E-state index is 0.0651. The van der Waals surface area contributed by atoms with Crippen LogP contribution < -0.4 is 10.9 Å². The molecule has 4 rings (SSSR count). The number of nitrogens with zero attached hydrogens (tertiary/aromatic N) is 2. The zero-order valence-corrected chi connectivity index (χ0v) is 20.0. The Balaban J connectivity index is 1.89. The second-order valence-corrected chi connectivity index (χ2v) is 8.92. The van der Waals surface area contributed by atoms with Crippen molar-refractivity contribution in [2.75, 3.05) is 13.1 Å². The van der Waals surface area contributed by atoms with E-state index in [0.29, 0.717) is 38.3 Å². The van der Waals surface area contributed by atoms with E-state index in [1.165, 1.54) is 22.8 Å². The molecular weight excluding hydrogens is 488 g/mol. The molecule has 1 fully saturated rings. The van der Waals surface area contributed by atoms with E-state index in [1.807, 2.05) is 0 Å². The summed E-state index contributed by atoms with van der Waals surface area (Å²) in [5.41, 5.74) is 2.03. The van der Waals surface area contributed by atoms with Crippen LogP contribution in [-0.4, -0.2) is 29.5 Å². The Morgan fingerprint density at radius 3 is 2.36 bits per heavy atom. The van der Waals surface area contributed by atoms with Crippen molar-refractivity contribution in [3.63, 3.8) is 0 Å². The highest BCUT2D eigenvalue weighted by Crippen LogP contribution is 2.30. The van der Waals surface area contributed by atoms with E-state index < -0.39 is 5.82 Å². The van der Waals surface area contributed by atoms with Gasteiger partial charge in [0, 0.05) is 22.9 Å². The summed E-state index contributed by atoms with van der Waals surface area (Å²) in [6.45, 7) is 3.43. The molecule has 5 nitrogen and oxygen atoms in total. The van der Waals surface area contributed by atoms with Crippen LogP contribution in [0.1, 0.15) is 29.7 Å². The molecule has 1 N–H and O–H groups in total. The van der Waals surface area contributed by atoms with E-state index in [9.17, 15) is 9.18 Å². The standard InChI is InChI=1S/C24H21Cl3FN3O2/c1-14-17(7-8-22(32)31(14)24-19(25)3-2-4-20(24)26)23(18-6-5-15(28)13-21(18)27)30-33-16-9-11-29-12-10-16/h2-8,13,16,29H,9-12H2,1H3/b30-23-. The molecular formula is C24H21Cl3FN3O2. The molecule has 0 saturated carbocycles. The Kier molecular flexibility index (Phi) is 7.39. The minimum atomic E-state index is -0.466. The zero-order chi connectivity index (χ0) is 23.5. The third-order valence-corrected chi connectivity index (χ3v) is 6.44. The number of hydrogen-bond acceptors (Lipinski definition) is 4. The normalized spacial score (nSPS) is 15.0. The number of para-hydroxylation sites is 1. The van der Waals surface area contributed by atoms with Gasteiger partial charge < -0.3 is 10.2 Å². The van der Waals surface area contributed by atoms with Crippen LogP contribution in [-0.2, 0) is 4.84 Å².